The number of thiophene rings is 1. The lowest BCUT2D eigenvalue weighted by Gasteiger charge is -2.20. The van der Waals surface area contributed by atoms with Gasteiger partial charge in [-0.2, -0.15) is 0 Å². The second-order valence-corrected chi connectivity index (χ2v) is 6.32. The number of likely N-dealkylation sites (N-methyl/N-ethyl adjacent to an activating group) is 1. The number of benzene rings is 1. The summed E-state index contributed by atoms with van der Waals surface area (Å²) in [6, 6.07) is 9.14. The van der Waals surface area contributed by atoms with E-state index in [1.807, 2.05) is 19.1 Å². The highest BCUT2D eigenvalue weighted by Crippen LogP contribution is 2.28. The molecule has 0 bridgehead atoms. The van der Waals surface area contributed by atoms with Crippen LogP contribution in [0.15, 0.2) is 30.3 Å². The Bertz CT molecular complexity index is 553. The van der Waals surface area contributed by atoms with Crippen LogP contribution in [-0.2, 0) is 6.42 Å². The van der Waals surface area contributed by atoms with Gasteiger partial charge in [0.2, 0.25) is 0 Å². The molecule has 0 saturated carbocycles. The van der Waals surface area contributed by atoms with Gasteiger partial charge < -0.3 is 5.32 Å². The van der Waals surface area contributed by atoms with E-state index in [0.717, 1.165) is 28.4 Å². The van der Waals surface area contributed by atoms with Crippen LogP contribution in [0.3, 0.4) is 0 Å². The molecule has 0 spiro atoms. The summed E-state index contributed by atoms with van der Waals surface area (Å²) >= 11 is 7.56. The predicted molar refractivity (Wildman–Crippen MR) is 80.6 cm³/mol. The molecular formula is C15H17ClFNS. The van der Waals surface area contributed by atoms with E-state index in [9.17, 15) is 4.39 Å². The molecule has 1 aromatic heterocycles. The Kier molecular flexibility index (Phi) is 4.97. The number of nitrogens with one attached hydrogen (secondary N) is 1. The molecule has 1 nitrogen and oxygen atoms in total. The van der Waals surface area contributed by atoms with Crippen molar-refractivity contribution in [2.24, 2.45) is 0 Å². The van der Waals surface area contributed by atoms with Gasteiger partial charge in [-0.3, -0.25) is 0 Å². The van der Waals surface area contributed by atoms with Crippen molar-refractivity contribution in [2.45, 2.75) is 26.3 Å². The summed E-state index contributed by atoms with van der Waals surface area (Å²) in [5.74, 6) is -0.185. The SMILES string of the molecule is CCNC(Cc1ccc(Cl)s1)c1ccc(F)cc1C. The van der Waals surface area contributed by atoms with Crippen LogP contribution in [0.25, 0.3) is 0 Å². The van der Waals surface area contributed by atoms with Gasteiger partial charge in [0.1, 0.15) is 5.82 Å². The predicted octanol–water partition coefficient (Wildman–Crippen LogP) is 4.74. The van der Waals surface area contributed by atoms with Gasteiger partial charge in [-0.15, -0.1) is 11.3 Å². The molecule has 1 unspecified atom stereocenters. The third-order valence-corrected chi connectivity index (χ3v) is 4.35. The molecule has 0 saturated heterocycles. The number of halogens is 2. The average Bonchev–Trinajstić information content (AvgIpc) is 2.74. The monoisotopic (exact) mass is 297 g/mol. The molecule has 19 heavy (non-hydrogen) atoms. The zero-order chi connectivity index (χ0) is 13.8. The smallest absolute Gasteiger partial charge is 0.123 e. The summed E-state index contributed by atoms with van der Waals surface area (Å²) in [5, 5.41) is 3.46. The molecule has 1 N–H and O–H groups in total. The second kappa shape index (κ2) is 6.51. The largest absolute Gasteiger partial charge is 0.310 e. The molecular weight excluding hydrogens is 281 g/mol. The Balaban J connectivity index is 2.23. The number of aryl methyl sites for hydroxylation is 1. The molecule has 0 radical (unpaired) electrons. The standard InChI is InChI=1S/C15H17ClFNS/c1-3-18-14(9-12-5-7-15(16)19-12)13-6-4-11(17)8-10(13)2/h4-8,14,18H,3,9H2,1-2H3. The van der Waals surface area contributed by atoms with E-state index in [2.05, 4.69) is 18.3 Å². The van der Waals surface area contributed by atoms with Crippen LogP contribution < -0.4 is 5.32 Å². The summed E-state index contributed by atoms with van der Waals surface area (Å²) in [6.07, 6.45) is 0.873. The van der Waals surface area contributed by atoms with Crippen LogP contribution in [0.5, 0.6) is 0 Å². The van der Waals surface area contributed by atoms with Crippen molar-refractivity contribution in [3.8, 4) is 0 Å². The van der Waals surface area contributed by atoms with Gasteiger partial charge in [-0.05, 0) is 48.9 Å². The van der Waals surface area contributed by atoms with Crippen molar-refractivity contribution < 1.29 is 4.39 Å². The van der Waals surface area contributed by atoms with Gasteiger partial charge in [-0.1, -0.05) is 24.6 Å². The van der Waals surface area contributed by atoms with Gasteiger partial charge in [0, 0.05) is 17.3 Å². The van der Waals surface area contributed by atoms with E-state index in [-0.39, 0.29) is 11.9 Å². The first-order valence-electron chi connectivity index (χ1n) is 6.33. The molecule has 0 amide bonds. The lowest BCUT2D eigenvalue weighted by molar-refractivity contribution is 0.548. The maximum Gasteiger partial charge on any atom is 0.123 e. The quantitative estimate of drug-likeness (QED) is 0.840. The Morgan fingerprint density at radius 2 is 2.11 bits per heavy atom. The minimum atomic E-state index is -0.185. The number of rotatable bonds is 5. The molecule has 1 heterocycles. The maximum atomic E-state index is 13.2. The van der Waals surface area contributed by atoms with E-state index < -0.39 is 0 Å². The van der Waals surface area contributed by atoms with Gasteiger partial charge in [0.15, 0.2) is 0 Å². The van der Waals surface area contributed by atoms with Crippen molar-refractivity contribution in [1.82, 2.24) is 5.32 Å². The zero-order valence-corrected chi connectivity index (χ0v) is 12.6. The average molecular weight is 298 g/mol. The molecule has 2 rings (SSSR count). The van der Waals surface area contributed by atoms with E-state index in [1.165, 1.54) is 10.9 Å². The lowest BCUT2D eigenvalue weighted by atomic mass is 9.98. The number of hydrogen-bond donors (Lipinski definition) is 1. The van der Waals surface area contributed by atoms with Crippen LogP contribution in [-0.4, -0.2) is 6.54 Å². The van der Waals surface area contributed by atoms with E-state index in [0.29, 0.717) is 0 Å². The molecule has 102 valence electrons. The van der Waals surface area contributed by atoms with E-state index in [4.69, 9.17) is 11.6 Å². The van der Waals surface area contributed by atoms with Crippen LogP contribution in [0.2, 0.25) is 4.34 Å². The molecule has 1 aromatic carbocycles. The fourth-order valence-corrected chi connectivity index (χ4v) is 3.36. The van der Waals surface area contributed by atoms with Crippen LogP contribution in [0.1, 0.15) is 29.0 Å². The molecule has 0 aliphatic carbocycles. The van der Waals surface area contributed by atoms with Crippen molar-refractivity contribution in [3.05, 3.63) is 56.5 Å². The highest BCUT2D eigenvalue weighted by atomic mass is 35.5. The Hall–Kier alpha value is -0.900. The maximum absolute atomic E-state index is 13.2. The first-order chi connectivity index (χ1) is 9.10. The highest BCUT2D eigenvalue weighted by molar-refractivity contribution is 7.16. The Morgan fingerprint density at radius 3 is 2.68 bits per heavy atom. The normalized spacial score (nSPS) is 12.6. The first-order valence-corrected chi connectivity index (χ1v) is 7.53. The van der Waals surface area contributed by atoms with Gasteiger partial charge in [0.25, 0.3) is 0 Å². The minimum absolute atomic E-state index is 0.185. The summed E-state index contributed by atoms with van der Waals surface area (Å²) in [6.45, 7) is 4.90. The lowest BCUT2D eigenvalue weighted by Crippen LogP contribution is -2.23. The summed E-state index contributed by atoms with van der Waals surface area (Å²) in [7, 11) is 0. The fourth-order valence-electron chi connectivity index (χ4n) is 2.23. The topological polar surface area (TPSA) is 12.0 Å². The van der Waals surface area contributed by atoms with Crippen molar-refractivity contribution in [2.75, 3.05) is 6.54 Å². The van der Waals surface area contributed by atoms with Gasteiger partial charge in [0.05, 0.1) is 4.34 Å². The zero-order valence-electron chi connectivity index (χ0n) is 11.0. The Labute approximate surface area is 122 Å². The molecule has 1 atom stereocenters. The van der Waals surface area contributed by atoms with Crippen LogP contribution >= 0.6 is 22.9 Å². The molecule has 4 heteroatoms. The molecule has 2 aromatic rings. The minimum Gasteiger partial charge on any atom is -0.310 e. The summed E-state index contributed by atoms with van der Waals surface area (Å²) < 4.78 is 14.0. The highest BCUT2D eigenvalue weighted by Gasteiger charge is 2.15. The summed E-state index contributed by atoms with van der Waals surface area (Å²) in [5.41, 5.74) is 2.13. The molecule has 0 aliphatic heterocycles. The molecule has 0 aliphatic rings. The third kappa shape index (κ3) is 3.78. The molecule has 0 fully saturated rings. The van der Waals surface area contributed by atoms with Crippen molar-refractivity contribution in [1.29, 1.82) is 0 Å². The van der Waals surface area contributed by atoms with E-state index >= 15 is 0 Å². The fraction of sp³-hybridized carbons (Fsp3) is 0.333. The van der Waals surface area contributed by atoms with Gasteiger partial charge in [-0.25, -0.2) is 4.39 Å². The van der Waals surface area contributed by atoms with Crippen LogP contribution in [0.4, 0.5) is 4.39 Å². The van der Waals surface area contributed by atoms with Crippen molar-refractivity contribution in [3.63, 3.8) is 0 Å². The summed E-state index contributed by atoms with van der Waals surface area (Å²) in [4.78, 5) is 1.24. The third-order valence-electron chi connectivity index (χ3n) is 3.09. The Morgan fingerprint density at radius 1 is 1.32 bits per heavy atom. The first kappa shape index (κ1) is 14.5. The van der Waals surface area contributed by atoms with Gasteiger partial charge >= 0.3 is 0 Å². The van der Waals surface area contributed by atoms with Crippen molar-refractivity contribution >= 4 is 22.9 Å². The number of hydrogen-bond acceptors (Lipinski definition) is 2. The van der Waals surface area contributed by atoms with E-state index in [1.54, 1.807) is 17.4 Å². The van der Waals surface area contributed by atoms with Crippen LogP contribution in [0, 0.1) is 12.7 Å². The second-order valence-electron chi connectivity index (χ2n) is 4.52.